The lowest BCUT2D eigenvalue weighted by molar-refractivity contribution is -0.132. The summed E-state index contributed by atoms with van der Waals surface area (Å²) in [5.74, 6) is -1.63. The van der Waals surface area contributed by atoms with E-state index in [2.05, 4.69) is 15.9 Å². The van der Waals surface area contributed by atoms with Gasteiger partial charge >= 0.3 is 0 Å². The second-order valence-electron chi connectivity index (χ2n) is 6.71. The summed E-state index contributed by atoms with van der Waals surface area (Å²) in [6, 6.07) is 10.6. The molecule has 1 saturated heterocycles. The van der Waals surface area contributed by atoms with Crippen molar-refractivity contribution in [1.82, 2.24) is 9.80 Å². The van der Waals surface area contributed by atoms with Gasteiger partial charge in [-0.25, -0.2) is 8.78 Å². The van der Waals surface area contributed by atoms with Crippen LogP contribution in [0.1, 0.15) is 23.2 Å². The fraction of sp³-hybridized carbons (Fsp3) is 0.333. The first-order valence-electron chi connectivity index (χ1n) is 9.34. The van der Waals surface area contributed by atoms with Gasteiger partial charge in [0.1, 0.15) is 5.75 Å². The molecule has 0 N–H and O–H groups in total. The van der Waals surface area contributed by atoms with Crippen molar-refractivity contribution in [2.75, 3.05) is 32.8 Å². The molecule has 8 heteroatoms. The molecule has 1 aliphatic heterocycles. The van der Waals surface area contributed by atoms with Crippen molar-refractivity contribution in [1.29, 1.82) is 0 Å². The molecule has 1 heterocycles. The number of hydrogen-bond acceptors (Lipinski definition) is 3. The molecule has 5 nitrogen and oxygen atoms in total. The first-order valence-corrected chi connectivity index (χ1v) is 10.1. The van der Waals surface area contributed by atoms with Crippen molar-refractivity contribution in [3.63, 3.8) is 0 Å². The van der Waals surface area contributed by atoms with Crippen molar-refractivity contribution in [2.45, 2.75) is 12.8 Å². The lowest BCUT2D eigenvalue weighted by Crippen LogP contribution is -2.50. The molecular formula is C21H21BrF2N2O3. The van der Waals surface area contributed by atoms with Crippen LogP contribution < -0.4 is 4.74 Å². The Labute approximate surface area is 176 Å². The Kier molecular flexibility index (Phi) is 7.19. The molecule has 0 spiro atoms. The van der Waals surface area contributed by atoms with Crippen LogP contribution in [0.15, 0.2) is 46.9 Å². The van der Waals surface area contributed by atoms with Gasteiger partial charge in [-0.05, 0) is 42.8 Å². The minimum atomic E-state index is -1.05. The maximum absolute atomic E-state index is 13.3. The molecule has 154 valence electrons. The SMILES string of the molecule is O=C(CCCOc1cccc(Br)c1)N1CCN(C(=O)c2ccc(F)c(F)c2)CC1. The van der Waals surface area contributed by atoms with Crippen LogP contribution in [-0.4, -0.2) is 54.4 Å². The summed E-state index contributed by atoms with van der Waals surface area (Å²) in [7, 11) is 0. The van der Waals surface area contributed by atoms with Gasteiger partial charge < -0.3 is 14.5 Å². The number of ether oxygens (including phenoxy) is 1. The summed E-state index contributed by atoms with van der Waals surface area (Å²) in [4.78, 5) is 28.0. The minimum absolute atomic E-state index is 0.0165. The Morgan fingerprint density at radius 3 is 2.38 bits per heavy atom. The summed E-state index contributed by atoms with van der Waals surface area (Å²) in [6.07, 6.45) is 0.963. The zero-order valence-electron chi connectivity index (χ0n) is 15.7. The normalized spacial score (nSPS) is 14.0. The minimum Gasteiger partial charge on any atom is -0.494 e. The van der Waals surface area contributed by atoms with E-state index in [0.29, 0.717) is 45.6 Å². The summed E-state index contributed by atoms with van der Waals surface area (Å²) >= 11 is 3.38. The van der Waals surface area contributed by atoms with E-state index in [1.165, 1.54) is 6.07 Å². The smallest absolute Gasteiger partial charge is 0.254 e. The number of carbonyl (C=O) groups excluding carboxylic acids is 2. The Morgan fingerprint density at radius 2 is 1.69 bits per heavy atom. The summed E-state index contributed by atoms with van der Waals surface area (Å²) in [6.45, 7) is 1.99. The molecule has 0 aromatic heterocycles. The van der Waals surface area contributed by atoms with Gasteiger partial charge in [0.15, 0.2) is 11.6 Å². The van der Waals surface area contributed by atoms with Gasteiger partial charge in [-0.3, -0.25) is 9.59 Å². The van der Waals surface area contributed by atoms with Gasteiger partial charge in [0, 0.05) is 42.6 Å². The standard InChI is InChI=1S/C21H21BrF2N2O3/c22-16-3-1-4-17(14-16)29-12-2-5-20(27)25-8-10-26(11-9-25)21(28)15-6-7-18(23)19(24)13-15/h1,3-4,6-7,13-14H,2,5,8-12H2. The van der Waals surface area contributed by atoms with E-state index in [9.17, 15) is 18.4 Å². The van der Waals surface area contributed by atoms with Gasteiger partial charge in [0.05, 0.1) is 6.61 Å². The topological polar surface area (TPSA) is 49.9 Å². The number of piperazine rings is 1. The molecule has 0 aliphatic carbocycles. The Bertz CT molecular complexity index is 886. The highest BCUT2D eigenvalue weighted by Gasteiger charge is 2.25. The third-order valence-corrected chi connectivity index (χ3v) is 5.18. The largest absolute Gasteiger partial charge is 0.494 e. The lowest BCUT2D eigenvalue weighted by Gasteiger charge is -2.35. The second kappa shape index (κ2) is 9.82. The molecule has 0 radical (unpaired) electrons. The predicted molar refractivity (Wildman–Crippen MR) is 108 cm³/mol. The molecule has 0 atom stereocenters. The third kappa shape index (κ3) is 5.76. The van der Waals surface area contributed by atoms with E-state index in [1.54, 1.807) is 9.80 Å². The predicted octanol–water partition coefficient (Wildman–Crippen LogP) is 3.87. The molecule has 0 unspecified atom stereocenters. The highest BCUT2D eigenvalue weighted by atomic mass is 79.9. The molecular weight excluding hydrogens is 446 g/mol. The van der Waals surface area contributed by atoms with Gasteiger partial charge in [0.25, 0.3) is 5.91 Å². The van der Waals surface area contributed by atoms with Crippen LogP contribution in [0, 0.1) is 11.6 Å². The molecule has 0 bridgehead atoms. The van der Waals surface area contributed by atoms with E-state index in [1.807, 2.05) is 24.3 Å². The fourth-order valence-electron chi connectivity index (χ4n) is 3.10. The van der Waals surface area contributed by atoms with Crippen LogP contribution in [0.3, 0.4) is 0 Å². The Morgan fingerprint density at radius 1 is 0.966 bits per heavy atom. The van der Waals surface area contributed by atoms with Crippen LogP contribution in [0.5, 0.6) is 5.75 Å². The number of nitrogens with zero attached hydrogens (tertiary/aromatic N) is 2. The molecule has 1 aliphatic rings. The highest BCUT2D eigenvalue weighted by molar-refractivity contribution is 9.10. The van der Waals surface area contributed by atoms with Crippen molar-refractivity contribution in [3.05, 3.63) is 64.1 Å². The van der Waals surface area contributed by atoms with Crippen LogP contribution in [-0.2, 0) is 4.79 Å². The van der Waals surface area contributed by atoms with Crippen molar-refractivity contribution < 1.29 is 23.1 Å². The number of amides is 2. The van der Waals surface area contributed by atoms with Gasteiger partial charge in [-0.15, -0.1) is 0 Å². The third-order valence-electron chi connectivity index (χ3n) is 4.69. The van der Waals surface area contributed by atoms with Crippen molar-refractivity contribution in [3.8, 4) is 5.75 Å². The first-order chi connectivity index (χ1) is 13.9. The summed E-state index contributed by atoms with van der Waals surface area (Å²) < 4.78 is 32.9. The average molecular weight is 467 g/mol. The quantitative estimate of drug-likeness (QED) is 0.607. The van der Waals surface area contributed by atoms with Crippen molar-refractivity contribution >= 4 is 27.7 Å². The van der Waals surface area contributed by atoms with E-state index in [0.717, 1.165) is 22.4 Å². The van der Waals surface area contributed by atoms with Gasteiger partial charge in [-0.1, -0.05) is 22.0 Å². The van der Waals surface area contributed by atoms with Crippen molar-refractivity contribution in [2.24, 2.45) is 0 Å². The maximum Gasteiger partial charge on any atom is 0.254 e. The molecule has 1 fully saturated rings. The zero-order chi connectivity index (χ0) is 20.8. The first kappa shape index (κ1) is 21.2. The molecule has 2 aromatic rings. The molecule has 0 saturated carbocycles. The molecule has 2 aromatic carbocycles. The zero-order valence-corrected chi connectivity index (χ0v) is 17.3. The maximum atomic E-state index is 13.3. The monoisotopic (exact) mass is 466 g/mol. The van der Waals surface area contributed by atoms with E-state index >= 15 is 0 Å². The summed E-state index contributed by atoms with van der Waals surface area (Å²) in [5, 5.41) is 0. The summed E-state index contributed by atoms with van der Waals surface area (Å²) in [5.41, 5.74) is 0.105. The lowest BCUT2D eigenvalue weighted by atomic mass is 10.1. The number of halogens is 3. The average Bonchev–Trinajstić information content (AvgIpc) is 2.73. The highest BCUT2D eigenvalue weighted by Crippen LogP contribution is 2.18. The van der Waals surface area contributed by atoms with Gasteiger partial charge in [-0.2, -0.15) is 0 Å². The van der Waals surface area contributed by atoms with Crippen LogP contribution in [0.25, 0.3) is 0 Å². The van der Waals surface area contributed by atoms with E-state index < -0.39 is 11.6 Å². The van der Waals surface area contributed by atoms with Gasteiger partial charge in [0.2, 0.25) is 5.91 Å². The van der Waals surface area contributed by atoms with Crippen LogP contribution >= 0.6 is 15.9 Å². The number of benzene rings is 2. The number of hydrogen-bond donors (Lipinski definition) is 0. The number of carbonyl (C=O) groups is 2. The fourth-order valence-corrected chi connectivity index (χ4v) is 3.48. The van der Waals surface area contributed by atoms with E-state index in [4.69, 9.17) is 4.74 Å². The number of rotatable bonds is 6. The molecule has 29 heavy (non-hydrogen) atoms. The molecule has 2 amide bonds. The Balaban J connectivity index is 1.41. The molecule has 3 rings (SSSR count). The van der Waals surface area contributed by atoms with Crippen LogP contribution in [0.4, 0.5) is 8.78 Å². The second-order valence-corrected chi connectivity index (χ2v) is 7.63. The Hall–Kier alpha value is -2.48. The van der Waals surface area contributed by atoms with E-state index in [-0.39, 0.29) is 17.4 Å². The van der Waals surface area contributed by atoms with Crippen LogP contribution in [0.2, 0.25) is 0 Å².